The first kappa shape index (κ1) is 23.1. The predicted octanol–water partition coefficient (Wildman–Crippen LogP) is 3.54. The van der Waals surface area contributed by atoms with Crippen LogP contribution in [0.15, 0.2) is 58.8 Å². The molecule has 0 aromatic heterocycles. The lowest BCUT2D eigenvalue weighted by atomic mass is 9.96. The largest absolute Gasteiger partial charge is 0.497 e. The molecule has 1 unspecified atom stereocenters. The first-order chi connectivity index (χ1) is 16.0. The van der Waals surface area contributed by atoms with E-state index in [0.29, 0.717) is 12.5 Å². The third-order valence-corrected chi connectivity index (χ3v) is 6.61. The Morgan fingerprint density at radius 3 is 2.58 bits per heavy atom. The molecule has 1 aromatic carbocycles. The van der Waals surface area contributed by atoms with Gasteiger partial charge in [0.25, 0.3) is 0 Å². The molecule has 0 aliphatic carbocycles. The highest BCUT2D eigenvalue weighted by atomic mass is 16.5. The smallest absolute Gasteiger partial charge is 0.243 e. The number of hydrazone groups is 1. The standard InChI is InChI=1S/C26H35N5O2/c1-20(2)24-18-23(21-9-11-22(33-3)12-10-21)28-31(24)19-26(32)30-16-14-29(15-17-30)25-8-6-4-5-7-13-27-25/h4-5,7,9-13,20,24H,6,8,14-19H2,1-3H3. The maximum absolute atomic E-state index is 13.2. The van der Waals surface area contributed by atoms with E-state index in [-0.39, 0.29) is 11.9 Å². The minimum atomic E-state index is 0.155. The van der Waals surface area contributed by atoms with Crippen molar-refractivity contribution in [2.24, 2.45) is 16.0 Å². The summed E-state index contributed by atoms with van der Waals surface area (Å²) in [7, 11) is 1.67. The van der Waals surface area contributed by atoms with Gasteiger partial charge >= 0.3 is 0 Å². The van der Waals surface area contributed by atoms with Crippen molar-refractivity contribution in [1.29, 1.82) is 0 Å². The number of ether oxygens (including phenoxy) is 1. The Kier molecular flexibility index (Phi) is 7.47. The number of aliphatic imine (C=N–C) groups is 1. The van der Waals surface area contributed by atoms with E-state index in [1.807, 2.05) is 52.5 Å². The van der Waals surface area contributed by atoms with Crippen LogP contribution in [0.4, 0.5) is 0 Å². The Bertz CT molecular complexity index is 940. The minimum absolute atomic E-state index is 0.155. The highest BCUT2D eigenvalue weighted by Crippen LogP contribution is 2.26. The lowest BCUT2D eigenvalue weighted by Crippen LogP contribution is -2.52. The first-order valence-electron chi connectivity index (χ1n) is 11.9. The predicted molar refractivity (Wildman–Crippen MR) is 133 cm³/mol. The zero-order valence-corrected chi connectivity index (χ0v) is 20.0. The average molecular weight is 450 g/mol. The number of hydrogen-bond acceptors (Lipinski definition) is 6. The molecule has 0 N–H and O–H groups in total. The summed E-state index contributed by atoms with van der Waals surface area (Å²) in [6.07, 6.45) is 10.9. The molecule has 0 spiro atoms. The number of carbonyl (C=O) groups is 1. The van der Waals surface area contributed by atoms with Crippen LogP contribution in [-0.2, 0) is 4.79 Å². The fourth-order valence-corrected chi connectivity index (χ4v) is 4.59. The topological polar surface area (TPSA) is 60.7 Å². The molecule has 33 heavy (non-hydrogen) atoms. The second-order valence-electron chi connectivity index (χ2n) is 9.11. The first-order valence-corrected chi connectivity index (χ1v) is 11.9. The van der Waals surface area contributed by atoms with Gasteiger partial charge in [0.05, 0.1) is 18.9 Å². The quantitative estimate of drug-likeness (QED) is 0.690. The molecule has 1 saturated heterocycles. The number of amides is 1. The molecular weight excluding hydrogens is 414 g/mol. The van der Waals surface area contributed by atoms with Gasteiger partial charge in [-0.25, -0.2) is 4.99 Å². The lowest BCUT2D eigenvalue weighted by molar-refractivity contribution is -0.134. The summed E-state index contributed by atoms with van der Waals surface area (Å²) in [6, 6.07) is 8.24. The Morgan fingerprint density at radius 1 is 1.12 bits per heavy atom. The van der Waals surface area contributed by atoms with Gasteiger partial charge in [-0.2, -0.15) is 5.10 Å². The summed E-state index contributed by atoms with van der Waals surface area (Å²) < 4.78 is 5.27. The second-order valence-corrected chi connectivity index (χ2v) is 9.11. The van der Waals surface area contributed by atoms with Crippen molar-refractivity contribution >= 4 is 17.5 Å². The van der Waals surface area contributed by atoms with Gasteiger partial charge in [-0.05, 0) is 48.2 Å². The maximum Gasteiger partial charge on any atom is 0.243 e. The van der Waals surface area contributed by atoms with Gasteiger partial charge in [-0.1, -0.05) is 26.0 Å². The van der Waals surface area contributed by atoms with Crippen LogP contribution < -0.4 is 4.74 Å². The number of hydrogen-bond donors (Lipinski definition) is 0. The molecule has 7 nitrogen and oxygen atoms in total. The molecule has 3 aliphatic heterocycles. The highest BCUT2D eigenvalue weighted by molar-refractivity contribution is 6.02. The van der Waals surface area contributed by atoms with Gasteiger partial charge in [0.1, 0.15) is 18.1 Å². The number of rotatable bonds is 5. The van der Waals surface area contributed by atoms with Gasteiger partial charge in [-0.15, -0.1) is 0 Å². The van der Waals surface area contributed by atoms with Crippen molar-refractivity contribution in [3.05, 3.63) is 54.3 Å². The molecule has 1 amide bonds. The summed E-state index contributed by atoms with van der Waals surface area (Å²) in [5.74, 6) is 2.52. The van der Waals surface area contributed by atoms with Gasteiger partial charge in [0.2, 0.25) is 5.91 Å². The summed E-state index contributed by atoms with van der Waals surface area (Å²) in [5.41, 5.74) is 2.13. The maximum atomic E-state index is 13.2. The van der Waals surface area contributed by atoms with E-state index in [1.54, 1.807) is 7.11 Å². The molecule has 7 heteroatoms. The summed E-state index contributed by atoms with van der Waals surface area (Å²) >= 11 is 0. The zero-order valence-electron chi connectivity index (χ0n) is 20.0. The molecule has 1 aromatic rings. The SMILES string of the molecule is COc1ccc(C2=NN(CC(=O)N3CCN(C4=NC=CC=CCC4)CC3)C(C(C)C)C2)cc1. The van der Waals surface area contributed by atoms with E-state index < -0.39 is 0 Å². The van der Waals surface area contributed by atoms with Crippen LogP contribution in [0.1, 0.15) is 38.7 Å². The van der Waals surface area contributed by atoms with Crippen LogP contribution >= 0.6 is 0 Å². The van der Waals surface area contributed by atoms with E-state index in [1.165, 1.54) is 0 Å². The van der Waals surface area contributed by atoms with Crippen LogP contribution in [0.2, 0.25) is 0 Å². The van der Waals surface area contributed by atoms with Crippen molar-refractivity contribution in [3.63, 3.8) is 0 Å². The van der Waals surface area contributed by atoms with Gasteiger partial charge in [0, 0.05) is 45.2 Å². The Morgan fingerprint density at radius 2 is 1.88 bits per heavy atom. The van der Waals surface area contributed by atoms with Crippen molar-refractivity contribution in [2.75, 3.05) is 39.8 Å². The molecule has 3 aliphatic rings. The third kappa shape index (κ3) is 5.64. The van der Waals surface area contributed by atoms with E-state index in [4.69, 9.17) is 9.84 Å². The van der Waals surface area contributed by atoms with Crippen molar-refractivity contribution in [3.8, 4) is 5.75 Å². The van der Waals surface area contributed by atoms with Crippen LogP contribution in [-0.4, -0.2) is 78.1 Å². The number of amidine groups is 1. The lowest BCUT2D eigenvalue weighted by Gasteiger charge is -2.37. The zero-order chi connectivity index (χ0) is 23.2. The van der Waals surface area contributed by atoms with Crippen LogP contribution in [0.5, 0.6) is 5.75 Å². The van der Waals surface area contributed by atoms with Gasteiger partial charge in [0.15, 0.2) is 0 Å². The number of piperazine rings is 1. The summed E-state index contributed by atoms with van der Waals surface area (Å²) in [5, 5.41) is 6.89. The van der Waals surface area contributed by atoms with E-state index >= 15 is 0 Å². The number of nitrogens with zero attached hydrogens (tertiary/aromatic N) is 5. The number of allylic oxidation sites excluding steroid dienone is 3. The van der Waals surface area contributed by atoms with E-state index in [0.717, 1.165) is 68.3 Å². The molecule has 176 valence electrons. The number of carbonyl (C=O) groups excluding carboxylic acids is 1. The molecule has 0 bridgehead atoms. The van der Waals surface area contributed by atoms with Crippen LogP contribution in [0.25, 0.3) is 0 Å². The van der Waals surface area contributed by atoms with Crippen molar-refractivity contribution < 1.29 is 9.53 Å². The Hall–Kier alpha value is -3.09. The molecule has 1 fully saturated rings. The van der Waals surface area contributed by atoms with Gasteiger partial charge < -0.3 is 14.5 Å². The molecule has 1 atom stereocenters. The minimum Gasteiger partial charge on any atom is -0.497 e. The second kappa shape index (κ2) is 10.7. The molecule has 0 radical (unpaired) electrons. The Labute approximate surface area is 197 Å². The van der Waals surface area contributed by atoms with Crippen LogP contribution in [0.3, 0.4) is 0 Å². The number of benzene rings is 1. The average Bonchev–Trinajstić information content (AvgIpc) is 3.23. The van der Waals surface area contributed by atoms with E-state index in [9.17, 15) is 4.79 Å². The van der Waals surface area contributed by atoms with Crippen LogP contribution in [0, 0.1) is 5.92 Å². The fourth-order valence-electron chi connectivity index (χ4n) is 4.59. The molecule has 0 saturated carbocycles. The Balaban J connectivity index is 1.37. The molecule has 4 rings (SSSR count). The monoisotopic (exact) mass is 449 g/mol. The third-order valence-electron chi connectivity index (χ3n) is 6.61. The summed E-state index contributed by atoms with van der Waals surface area (Å²) in [4.78, 5) is 22.1. The van der Waals surface area contributed by atoms with Crippen molar-refractivity contribution in [1.82, 2.24) is 14.8 Å². The summed E-state index contributed by atoms with van der Waals surface area (Å²) in [6.45, 7) is 7.85. The normalized spacial score (nSPS) is 21.1. The fraction of sp³-hybridized carbons (Fsp3) is 0.500. The molecular formula is C26H35N5O2. The van der Waals surface area contributed by atoms with E-state index in [2.05, 4.69) is 29.8 Å². The highest BCUT2D eigenvalue weighted by Gasteiger charge is 2.32. The number of methoxy groups -OCH3 is 1. The molecule has 3 heterocycles. The van der Waals surface area contributed by atoms with Gasteiger partial charge in [-0.3, -0.25) is 9.80 Å². The van der Waals surface area contributed by atoms with Crippen molar-refractivity contribution in [2.45, 2.75) is 39.2 Å².